The van der Waals surface area contributed by atoms with E-state index in [9.17, 15) is 10.1 Å². The molecule has 0 saturated heterocycles. The quantitative estimate of drug-likeness (QED) is 0.446. The van der Waals surface area contributed by atoms with Crippen LogP contribution in [-0.2, 0) is 0 Å². The molecular weight excluding hydrogens is 224 g/mol. The molecule has 1 unspecified atom stereocenters. The minimum Gasteiger partial charge on any atom is -0.470 e. The Morgan fingerprint density at radius 1 is 1.65 bits per heavy atom. The van der Waals surface area contributed by atoms with Gasteiger partial charge < -0.3 is 10.2 Å². The van der Waals surface area contributed by atoms with E-state index in [1.54, 1.807) is 0 Å². The number of nitrogens with one attached hydrogen (secondary N) is 1. The van der Waals surface area contributed by atoms with E-state index in [1.165, 1.54) is 12.1 Å². The maximum absolute atomic E-state index is 10.8. The summed E-state index contributed by atoms with van der Waals surface area (Å²) in [6.45, 7) is 3.86. The SMILES string of the molecule is CCCC(C)Oc1nc(NN)ccc1[N+](=O)[O-]. The molecule has 0 amide bonds. The highest BCUT2D eigenvalue weighted by molar-refractivity contribution is 5.48. The van der Waals surface area contributed by atoms with Crippen LogP contribution in [0.1, 0.15) is 26.7 Å². The van der Waals surface area contributed by atoms with Gasteiger partial charge in [-0.15, -0.1) is 0 Å². The predicted octanol–water partition coefficient (Wildman–Crippen LogP) is 1.84. The largest absolute Gasteiger partial charge is 0.470 e. The molecule has 3 N–H and O–H groups in total. The van der Waals surface area contributed by atoms with Gasteiger partial charge in [0.2, 0.25) is 0 Å². The van der Waals surface area contributed by atoms with Gasteiger partial charge in [0.25, 0.3) is 5.88 Å². The van der Waals surface area contributed by atoms with Crippen LogP contribution in [0.4, 0.5) is 11.5 Å². The van der Waals surface area contributed by atoms with E-state index in [1.807, 2.05) is 13.8 Å². The third-order valence-electron chi connectivity index (χ3n) is 2.19. The van der Waals surface area contributed by atoms with Gasteiger partial charge in [-0.3, -0.25) is 10.1 Å². The molecule has 1 atom stereocenters. The smallest absolute Gasteiger partial charge is 0.331 e. The van der Waals surface area contributed by atoms with Crippen molar-refractivity contribution in [1.82, 2.24) is 4.98 Å². The van der Waals surface area contributed by atoms with E-state index in [4.69, 9.17) is 10.6 Å². The number of anilines is 1. The molecule has 0 saturated carbocycles. The molecular formula is C10H16N4O3. The first-order valence-corrected chi connectivity index (χ1v) is 5.37. The van der Waals surface area contributed by atoms with Gasteiger partial charge in [-0.2, -0.15) is 4.98 Å². The van der Waals surface area contributed by atoms with Crippen LogP contribution in [0.3, 0.4) is 0 Å². The molecule has 1 aromatic rings. The number of nitrogens with zero attached hydrogens (tertiary/aromatic N) is 2. The summed E-state index contributed by atoms with van der Waals surface area (Å²) in [5.41, 5.74) is 2.16. The molecule has 17 heavy (non-hydrogen) atoms. The van der Waals surface area contributed by atoms with Crippen molar-refractivity contribution in [3.63, 3.8) is 0 Å². The monoisotopic (exact) mass is 240 g/mol. The molecule has 0 fully saturated rings. The number of nitrogens with two attached hydrogens (primary N) is 1. The van der Waals surface area contributed by atoms with Gasteiger partial charge in [-0.05, 0) is 19.4 Å². The van der Waals surface area contributed by atoms with E-state index in [0.29, 0.717) is 5.82 Å². The Morgan fingerprint density at radius 3 is 2.88 bits per heavy atom. The summed E-state index contributed by atoms with van der Waals surface area (Å²) in [6.07, 6.45) is 1.61. The molecule has 0 aliphatic rings. The zero-order valence-corrected chi connectivity index (χ0v) is 9.84. The van der Waals surface area contributed by atoms with Crippen molar-refractivity contribution >= 4 is 11.5 Å². The second-order valence-electron chi connectivity index (χ2n) is 3.64. The third-order valence-corrected chi connectivity index (χ3v) is 2.19. The van der Waals surface area contributed by atoms with Crippen LogP contribution >= 0.6 is 0 Å². The fraction of sp³-hybridized carbons (Fsp3) is 0.500. The summed E-state index contributed by atoms with van der Waals surface area (Å²) < 4.78 is 5.44. The average Bonchev–Trinajstić information content (AvgIpc) is 2.28. The number of rotatable bonds is 6. The first kappa shape index (κ1) is 13.2. The van der Waals surface area contributed by atoms with Gasteiger partial charge >= 0.3 is 5.69 Å². The topological polar surface area (TPSA) is 103 Å². The number of aromatic nitrogens is 1. The van der Waals surface area contributed by atoms with Gasteiger partial charge in [0.05, 0.1) is 11.0 Å². The number of hydrazine groups is 1. The van der Waals surface area contributed by atoms with Crippen LogP contribution in [0, 0.1) is 10.1 Å². The molecule has 0 bridgehead atoms. The van der Waals surface area contributed by atoms with Crippen LogP contribution in [0.15, 0.2) is 12.1 Å². The van der Waals surface area contributed by atoms with Gasteiger partial charge in [-0.25, -0.2) is 5.84 Å². The van der Waals surface area contributed by atoms with Crippen molar-refractivity contribution < 1.29 is 9.66 Å². The van der Waals surface area contributed by atoms with Crippen molar-refractivity contribution in [2.24, 2.45) is 5.84 Å². The first-order chi connectivity index (χ1) is 8.08. The summed E-state index contributed by atoms with van der Waals surface area (Å²) in [7, 11) is 0. The molecule has 7 nitrogen and oxygen atoms in total. The van der Waals surface area contributed by atoms with Gasteiger partial charge in [-0.1, -0.05) is 13.3 Å². The van der Waals surface area contributed by atoms with Crippen molar-refractivity contribution in [2.45, 2.75) is 32.8 Å². The van der Waals surface area contributed by atoms with Gasteiger partial charge in [0.15, 0.2) is 0 Å². The molecule has 1 rings (SSSR count). The highest BCUT2D eigenvalue weighted by Gasteiger charge is 2.19. The van der Waals surface area contributed by atoms with Crippen LogP contribution < -0.4 is 16.0 Å². The van der Waals surface area contributed by atoms with Crippen molar-refractivity contribution in [3.8, 4) is 5.88 Å². The van der Waals surface area contributed by atoms with Crippen molar-refractivity contribution in [1.29, 1.82) is 0 Å². The molecule has 0 spiro atoms. The van der Waals surface area contributed by atoms with Crippen LogP contribution in [0.5, 0.6) is 5.88 Å². The number of ether oxygens (including phenoxy) is 1. The Morgan fingerprint density at radius 2 is 2.35 bits per heavy atom. The average molecular weight is 240 g/mol. The lowest BCUT2D eigenvalue weighted by molar-refractivity contribution is -0.386. The second kappa shape index (κ2) is 6.00. The molecule has 0 aliphatic heterocycles. The van der Waals surface area contributed by atoms with E-state index in [-0.39, 0.29) is 17.7 Å². The maximum atomic E-state index is 10.8. The predicted molar refractivity (Wildman–Crippen MR) is 63.7 cm³/mol. The number of nitro groups is 1. The molecule has 7 heteroatoms. The minimum absolute atomic E-state index is 0.00796. The Labute approximate surface area is 99.1 Å². The number of hydrogen-bond donors (Lipinski definition) is 2. The molecule has 94 valence electrons. The van der Waals surface area contributed by atoms with Crippen molar-refractivity contribution in [3.05, 3.63) is 22.2 Å². The zero-order valence-electron chi connectivity index (χ0n) is 9.84. The Bertz CT molecular complexity index is 397. The summed E-state index contributed by atoms with van der Waals surface area (Å²) in [5, 5.41) is 10.8. The fourth-order valence-electron chi connectivity index (χ4n) is 1.40. The lowest BCUT2D eigenvalue weighted by Gasteiger charge is -2.13. The van der Waals surface area contributed by atoms with Crippen LogP contribution in [-0.4, -0.2) is 16.0 Å². The fourth-order valence-corrected chi connectivity index (χ4v) is 1.40. The van der Waals surface area contributed by atoms with Gasteiger partial charge in [0.1, 0.15) is 5.82 Å². The Hall–Kier alpha value is -1.89. The highest BCUT2D eigenvalue weighted by Crippen LogP contribution is 2.27. The summed E-state index contributed by atoms with van der Waals surface area (Å²) in [6, 6.07) is 2.74. The van der Waals surface area contributed by atoms with E-state index < -0.39 is 4.92 Å². The molecule has 1 heterocycles. The molecule has 0 aliphatic carbocycles. The third kappa shape index (κ3) is 3.56. The highest BCUT2D eigenvalue weighted by atomic mass is 16.6. The molecule has 0 radical (unpaired) electrons. The van der Waals surface area contributed by atoms with Gasteiger partial charge in [0, 0.05) is 6.07 Å². The Balaban J connectivity index is 2.96. The zero-order chi connectivity index (χ0) is 12.8. The maximum Gasteiger partial charge on any atom is 0.331 e. The second-order valence-corrected chi connectivity index (χ2v) is 3.64. The van der Waals surface area contributed by atoms with E-state index in [0.717, 1.165) is 12.8 Å². The number of pyridine rings is 1. The standard InChI is InChI=1S/C10H16N4O3/c1-3-4-7(2)17-10-8(14(15)16)5-6-9(12-10)13-11/h5-7H,3-4,11H2,1-2H3,(H,12,13). The lowest BCUT2D eigenvalue weighted by atomic mass is 10.2. The number of hydrogen-bond acceptors (Lipinski definition) is 6. The van der Waals surface area contributed by atoms with Crippen molar-refractivity contribution in [2.75, 3.05) is 5.43 Å². The van der Waals surface area contributed by atoms with Crippen LogP contribution in [0.25, 0.3) is 0 Å². The van der Waals surface area contributed by atoms with E-state index in [2.05, 4.69) is 10.4 Å². The molecule has 0 aromatic carbocycles. The summed E-state index contributed by atoms with van der Waals surface area (Å²) in [5.74, 6) is 5.52. The number of nitrogen functional groups attached to an aromatic ring is 1. The Kier molecular flexibility index (Phi) is 4.65. The summed E-state index contributed by atoms with van der Waals surface area (Å²) in [4.78, 5) is 14.2. The van der Waals surface area contributed by atoms with Crippen LogP contribution in [0.2, 0.25) is 0 Å². The summed E-state index contributed by atoms with van der Waals surface area (Å²) >= 11 is 0. The molecule has 1 aromatic heterocycles. The minimum atomic E-state index is -0.526. The normalized spacial score (nSPS) is 11.9. The lowest BCUT2D eigenvalue weighted by Crippen LogP contribution is -2.15. The first-order valence-electron chi connectivity index (χ1n) is 5.37. The van der Waals surface area contributed by atoms with E-state index >= 15 is 0 Å².